The smallest absolute Gasteiger partial charge is 0.238 e. The number of aromatic amines is 1. The predicted octanol–water partition coefficient (Wildman–Crippen LogP) is 6.34. The first-order chi connectivity index (χ1) is 15.5. The van der Waals surface area contributed by atoms with Crippen LogP contribution in [-0.4, -0.2) is 32.4 Å². The van der Waals surface area contributed by atoms with Crippen molar-refractivity contribution in [1.82, 2.24) is 4.98 Å². The van der Waals surface area contributed by atoms with E-state index in [4.69, 9.17) is 14.2 Å². The van der Waals surface area contributed by atoms with E-state index >= 15 is 0 Å². The number of nitrogens with one attached hydrogen (secondary N) is 1. The van der Waals surface area contributed by atoms with Gasteiger partial charge in [0, 0.05) is 30.7 Å². The van der Waals surface area contributed by atoms with E-state index in [2.05, 4.69) is 76.9 Å². The molecule has 184 valence electrons. The Kier molecular flexibility index (Phi) is 12.0. The number of hydrogen-bond acceptors (Lipinski definition) is 4. The fourth-order valence-corrected chi connectivity index (χ4v) is 4.02. The van der Waals surface area contributed by atoms with Crippen molar-refractivity contribution in [3.63, 3.8) is 0 Å². The first-order valence-corrected chi connectivity index (χ1v) is 11.6. The van der Waals surface area contributed by atoms with Crippen LogP contribution >= 0.6 is 0 Å². The van der Waals surface area contributed by atoms with Gasteiger partial charge in [-0.05, 0) is 45.6 Å². The Labute approximate surface area is 200 Å². The SMILES string of the molecule is COc1[nH]c(C/C=C(\C)C/C=C/C(C)=C/[C@H](C)[C@H](OC)/C(C)=C/C(C)C)c(C)c(=O)c1OC. The topological polar surface area (TPSA) is 60.5 Å². The van der Waals surface area contributed by atoms with E-state index in [1.807, 2.05) is 0 Å². The van der Waals surface area contributed by atoms with E-state index < -0.39 is 0 Å². The third-order valence-corrected chi connectivity index (χ3v) is 5.66. The second-order valence-corrected chi connectivity index (χ2v) is 9.07. The van der Waals surface area contributed by atoms with Gasteiger partial charge >= 0.3 is 0 Å². The van der Waals surface area contributed by atoms with Crippen LogP contribution < -0.4 is 14.9 Å². The molecule has 1 aromatic rings. The molecule has 0 amide bonds. The molecule has 33 heavy (non-hydrogen) atoms. The van der Waals surface area contributed by atoms with Gasteiger partial charge in [-0.2, -0.15) is 0 Å². The lowest BCUT2D eigenvalue weighted by molar-refractivity contribution is 0.103. The average molecular weight is 458 g/mol. The first kappa shape index (κ1) is 28.5. The van der Waals surface area contributed by atoms with E-state index in [1.165, 1.54) is 30.9 Å². The molecule has 5 nitrogen and oxygen atoms in total. The fourth-order valence-electron chi connectivity index (χ4n) is 4.02. The summed E-state index contributed by atoms with van der Waals surface area (Å²) in [5.41, 5.74) is 5.06. The highest BCUT2D eigenvalue weighted by Gasteiger charge is 2.17. The number of aromatic nitrogens is 1. The third-order valence-electron chi connectivity index (χ3n) is 5.66. The van der Waals surface area contributed by atoms with Crippen molar-refractivity contribution < 1.29 is 14.2 Å². The quantitative estimate of drug-likeness (QED) is 0.294. The van der Waals surface area contributed by atoms with Gasteiger partial charge in [0.05, 0.1) is 20.3 Å². The summed E-state index contributed by atoms with van der Waals surface area (Å²) < 4.78 is 16.2. The van der Waals surface area contributed by atoms with E-state index in [0.717, 1.165) is 12.1 Å². The van der Waals surface area contributed by atoms with Crippen LogP contribution in [0.25, 0.3) is 0 Å². The number of H-pyrrole nitrogens is 1. The molecule has 0 aromatic carbocycles. The van der Waals surface area contributed by atoms with Gasteiger partial charge in [-0.25, -0.2) is 0 Å². The number of rotatable bonds is 12. The van der Waals surface area contributed by atoms with Crippen LogP contribution in [0.2, 0.25) is 0 Å². The van der Waals surface area contributed by atoms with Gasteiger partial charge in [0.2, 0.25) is 17.1 Å². The predicted molar refractivity (Wildman–Crippen MR) is 138 cm³/mol. The molecule has 0 unspecified atom stereocenters. The molecule has 0 aliphatic carbocycles. The number of pyridine rings is 1. The molecule has 0 radical (unpaired) electrons. The molecule has 0 fully saturated rings. The maximum atomic E-state index is 12.5. The molecule has 1 aromatic heterocycles. The van der Waals surface area contributed by atoms with Gasteiger partial charge < -0.3 is 19.2 Å². The third kappa shape index (κ3) is 8.73. The summed E-state index contributed by atoms with van der Waals surface area (Å²) >= 11 is 0. The maximum absolute atomic E-state index is 12.5. The van der Waals surface area contributed by atoms with Crippen LogP contribution in [0.1, 0.15) is 59.2 Å². The Morgan fingerprint density at radius 3 is 2.24 bits per heavy atom. The standard InChI is InChI=1S/C28H43NO4/c1-18(2)16-21(5)26(31-8)22(6)17-20(4)13-11-12-19(3)14-15-24-23(7)25(30)27(32-9)28(29-24)33-10/h11,13-14,16-18,22,26H,12,15H2,1-10H3,(H,29,30)/b13-11+,19-14+,20-17+,21-16+/t22-,26+/m0/s1. The molecular weight excluding hydrogens is 414 g/mol. The van der Waals surface area contributed by atoms with E-state index in [1.54, 1.807) is 14.0 Å². The van der Waals surface area contributed by atoms with E-state index in [0.29, 0.717) is 23.8 Å². The fraction of sp³-hybridized carbons (Fsp3) is 0.536. The molecule has 0 bridgehead atoms. The molecule has 1 N–H and O–H groups in total. The van der Waals surface area contributed by atoms with Crippen LogP contribution in [0.5, 0.6) is 11.6 Å². The summed E-state index contributed by atoms with van der Waals surface area (Å²) in [5, 5.41) is 0. The normalized spacial score (nSPS) is 15.3. The minimum absolute atomic E-state index is 0.0873. The monoisotopic (exact) mass is 457 g/mol. The molecule has 0 saturated carbocycles. The first-order valence-electron chi connectivity index (χ1n) is 11.6. The lowest BCUT2D eigenvalue weighted by Crippen LogP contribution is -2.21. The molecule has 0 aliphatic heterocycles. The van der Waals surface area contributed by atoms with Gasteiger partial charge in [0.25, 0.3) is 0 Å². The van der Waals surface area contributed by atoms with Gasteiger partial charge in [0.15, 0.2) is 0 Å². The Morgan fingerprint density at radius 2 is 1.70 bits per heavy atom. The largest absolute Gasteiger partial charge is 0.488 e. The van der Waals surface area contributed by atoms with Crippen LogP contribution in [0.15, 0.2) is 51.9 Å². The molecule has 2 atom stereocenters. The molecular formula is C28H43NO4. The molecule has 1 heterocycles. The number of hydrogen-bond donors (Lipinski definition) is 1. The summed E-state index contributed by atoms with van der Waals surface area (Å²) in [6.45, 7) is 14.7. The summed E-state index contributed by atoms with van der Waals surface area (Å²) in [5.74, 6) is 1.37. The van der Waals surface area contributed by atoms with E-state index in [-0.39, 0.29) is 23.2 Å². The average Bonchev–Trinajstić information content (AvgIpc) is 2.74. The number of ether oxygens (including phenoxy) is 3. The van der Waals surface area contributed by atoms with Crippen molar-refractivity contribution in [1.29, 1.82) is 0 Å². The van der Waals surface area contributed by atoms with Gasteiger partial charge in [-0.1, -0.05) is 62.3 Å². The second-order valence-electron chi connectivity index (χ2n) is 9.07. The van der Waals surface area contributed by atoms with Crippen molar-refractivity contribution in [3.8, 4) is 11.6 Å². The van der Waals surface area contributed by atoms with Crippen molar-refractivity contribution in [2.75, 3.05) is 21.3 Å². The minimum Gasteiger partial charge on any atom is -0.488 e. The zero-order chi connectivity index (χ0) is 25.1. The maximum Gasteiger partial charge on any atom is 0.238 e. The molecule has 0 aliphatic rings. The Balaban J connectivity index is 2.83. The van der Waals surface area contributed by atoms with Gasteiger partial charge in [-0.3, -0.25) is 4.79 Å². The van der Waals surface area contributed by atoms with Crippen molar-refractivity contribution in [2.45, 2.75) is 67.4 Å². The highest BCUT2D eigenvalue weighted by atomic mass is 16.5. The second kappa shape index (κ2) is 13.9. The van der Waals surface area contributed by atoms with Crippen molar-refractivity contribution in [3.05, 3.63) is 68.6 Å². The Bertz CT molecular complexity index is 947. The van der Waals surface area contributed by atoms with Crippen molar-refractivity contribution in [2.24, 2.45) is 11.8 Å². The van der Waals surface area contributed by atoms with Crippen molar-refractivity contribution >= 4 is 0 Å². The van der Waals surface area contributed by atoms with E-state index in [9.17, 15) is 4.79 Å². The zero-order valence-corrected chi connectivity index (χ0v) is 22.2. The lowest BCUT2D eigenvalue weighted by Gasteiger charge is -2.22. The summed E-state index contributed by atoms with van der Waals surface area (Å²) in [6.07, 6.45) is 12.6. The number of allylic oxidation sites excluding steroid dienone is 6. The molecule has 0 saturated heterocycles. The Morgan fingerprint density at radius 1 is 1.03 bits per heavy atom. The highest BCUT2D eigenvalue weighted by Crippen LogP contribution is 2.23. The summed E-state index contributed by atoms with van der Waals surface area (Å²) in [6, 6.07) is 0. The summed E-state index contributed by atoms with van der Waals surface area (Å²) in [7, 11) is 4.77. The van der Waals surface area contributed by atoms with Crippen LogP contribution in [0.3, 0.4) is 0 Å². The van der Waals surface area contributed by atoms with Crippen LogP contribution in [0.4, 0.5) is 0 Å². The highest BCUT2D eigenvalue weighted by molar-refractivity contribution is 5.40. The van der Waals surface area contributed by atoms with Crippen LogP contribution in [0, 0.1) is 18.8 Å². The lowest BCUT2D eigenvalue weighted by atomic mass is 9.94. The van der Waals surface area contributed by atoms with Crippen LogP contribution in [-0.2, 0) is 11.2 Å². The number of methoxy groups -OCH3 is 3. The Hall–Kier alpha value is -2.53. The van der Waals surface area contributed by atoms with Gasteiger partial charge in [0.1, 0.15) is 0 Å². The molecule has 5 heteroatoms. The molecule has 0 spiro atoms. The molecule has 1 rings (SSSR count). The zero-order valence-electron chi connectivity index (χ0n) is 22.2. The summed E-state index contributed by atoms with van der Waals surface area (Å²) in [4.78, 5) is 15.6. The van der Waals surface area contributed by atoms with Gasteiger partial charge in [-0.15, -0.1) is 0 Å². The minimum atomic E-state index is -0.142.